The topological polar surface area (TPSA) is 54.4 Å². The molecule has 0 aliphatic heterocycles. The van der Waals surface area contributed by atoms with E-state index in [1.165, 1.54) is 5.41 Å². The number of carboxylic acid groups (broad SMARTS) is 1. The second-order valence-corrected chi connectivity index (χ2v) is 3.29. The highest BCUT2D eigenvalue weighted by Crippen LogP contribution is 2.12. The minimum atomic E-state index is -1.06. The van der Waals surface area contributed by atoms with Crippen molar-refractivity contribution in [3.05, 3.63) is 47.4 Å². The Morgan fingerprint density at radius 1 is 1.21 bits per heavy atom. The van der Waals surface area contributed by atoms with Crippen molar-refractivity contribution in [2.45, 2.75) is 0 Å². The fourth-order valence-electron chi connectivity index (χ4n) is 0.796. The molecule has 0 heterocycles. The minimum absolute atomic E-state index is 0.164. The lowest BCUT2D eigenvalue weighted by Gasteiger charge is -1.94. The maximum absolute atomic E-state index is 11.3. The second-order valence-electron chi connectivity index (χ2n) is 2.41. The fourth-order valence-corrected chi connectivity index (χ4v) is 1.38. The lowest BCUT2D eigenvalue weighted by atomic mass is 10.2. The number of hydrogen-bond donors (Lipinski definition) is 1. The molecule has 14 heavy (non-hydrogen) atoms. The molecule has 0 aromatic heterocycles. The van der Waals surface area contributed by atoms with Crippen molar-refractivity contribution >= 4 is 22.8 Å². The van der Waals surface area contributed by atoms with Crippen LogP contribution in [0.5, 0.6) is 0 Å². The van der Waals surface area contributed by atoms with Gasteiger partial charge in [0.15, 0.2) is 0 Å². The van der Waals surface area contributed by atoms with Gasteiger partial charge in [-0.3, -0.25) is 4.79 Å². The Balaban J connectivity index is 2.56. The number of benzene rings is 1. The van der Waals surface area contributed by atoms with Crippen molar-refractivity contribution in [2.24, 2.45) is 0 Å². The van der Waals surface area contributed by atoms with Gasteiger partial charge in [0.2, 0.25) is 5.12 Å². The molecule has 0 aliphatic carbocycles. The van der Waals surface area contributed by atoms with Gasteiger partial charge in [0.05, 0.1) is 0 Å². The van der Waals surface area contributed by atoms with Gasteiger partial charge >= 0.3 is 5.97 Å². The van der Waals surface area contributed by atoms with E-state index >= 15 is 0 Å². The van der Waals surface area contributed by atoms with Gasteiger partial charge in [-0.1, -0.05) is 42.1 Å². The third-order valence-corrected chi connectivity index (χ3v) is 2.12. The monoisotopic (exact) mass is 208 g/mol. The SMILES string of the molecule is O=C(O)/C=C\SC(=O)c1ccccc1. The molecule has 0 spiro atoms. The summed E-state index contributed by atoms with van der Waals surface area (Å²) < 4.78 is 0. The molecular formula is C10H8O3S. The number of hydrogen-bond acceptors (Lipinski definition) is 3. The van der Waals surface area contributed by atoms with Crippen LogP contribution in [0, 0.1) is 0 Å². The summed E-state index contributed by atoms with van der Waals surface area (Å²) in [5.74, 6) is -1.06. The van der Waals surface area contributed by atoms with Crippen molar-refractivity contribution < 1.29 is 14.7 Å². The zero-order chi connectivity index (χ0) is 10.4. The summed E-state index contributed by atoms with van der Waals surface area (Å²) in [6.45, 7) is 0. The molecular weight excluding hydrogens is 200 g/mol. The van der Waals surface area contributed by atoms with Crippen molar-refractivity contribution in [2.75, 3.05) is 0 Å². The molecule has 0 bridgehead atoms. The van der Waals surface area contributed by atoms with Crippen LogP contribution in [-0.4, -0.2) is 16.2 Å². The average Bonchev–Trinajstić information content (AvgIpc) is 2.18. The zero-order valence-electron chi connectivity index (χ0n) is 7.21. The molecule has 0 aliphatic rings. The third kappa shape index (κ3) is 3.45. The quantitative estimate of drug-likeness (QED) is 0.773. The van der Waals surface area contributed by atoms with Crippen LogP contribution in [0.25, 0.3) is 0 Å². The Labute approximate surface area is 85.4 Å². The summed E-state index contributed by atoms with van der Waals surface area (Å²) in [4.78, 5) is 21.5. The Kier molecular flexibility index (Phi) is 3.94. The molecule has 1 aromatic carbocycles. The zero-order valence-corrected chi connectivity index (χ0v) is 8.03. The van der Waals surface area contributed by atoms with Crippen LogP contribution in [0.1, 0.15) is 10.4 Å². The fraction of sp³-hybridized carbons (Fsp3) is 0. The first-order valence-electron chi connectivity index (χ1n) is 3.85. The Morgan fingerprint density at radius 2 is 1.86 bits per heavy atom. The number of carbonyl (C=O) groups excluding carboxylic acids is 1. The smallest absolute Gasteiger partial charge is 0.328 e. The molecule has 4 heteroatoms. The highest BCUT2D eigenvalue weighted by Gasteiger charge is 2.02. The van der Waals surface area contributed by atoms with Crippen LogP contribution in [0.4, 0.5) is 0 Å². The molecule has 0 unspecified atom stereocenters. The molecule has 0 amide bonds. The summed E-state index contributed by atoms with van der Waals surface area (Å²) in [5.41, 5.74) is 0.563. The summed E-state index contributed by atoms with van der Waals surface area (Å²) in [6.07, 6.45) is 0.936. The van der Waals surface area contributed by atoms with E-state index in [-0.39, 0.29) is 5.12 Å². The molecule has 3 nitrogen and oxygen atoms in total. The van der Waals surface area contributed by atoms with E-state index in [9.17, 15) is 9.59 Å². The van der Waals surface area contributed by atoms with E-state index in [0.717, 1.165) is 17.8 Å². The summed E-state index contributed by atoms with van der Waals surface area (Å²) in [6, 6.07) is 8.70. The van der Waals surface area contributed by atoms with E-state index in [1.807, 2.05) is 6.07 Å². The van der Waals surface area contributed by atoms with Crippen LogP contribution < -0.4 is 0 Å². The number of thioether (sulfide) groups is 1. The summed E-state index contributed by atoms with van der Waals surface area (Å²) in [5, 5.41) is 9.38. The van der Waals surface area contributed by atoms with Gasteiger partial charge in [0.1, 0.15) is 0 Å². The average molecular weight is 208 g/mol. The highest BCUT2D eigenvalue weighted by molar-refractivity contribution is 8.16. The molecule has 1 aromatic rings. The van der Waals surface area contributed by atoms with Gasteiger partial charge in [-0.25, -0.2) is 4.79 Å². The molecule has 0 atom stereocenters. The maximum Gasteiger partial charge on any atom is 0.328 e. The lowest BCUT2D eigenvalue weighted by Crippen LogP contribution is -1.91. The molecule has 0 fully saturated rings. The molecule has 1 rings (SSSR count). The van der Waals surface area contributed by atoms with Crippen LogP contribution in [0.15, 0.2) is 41.8 Å². The first-order chi connectivity index (χ1) is 6.70. The normalized spacial score (nSPS) is 10.3. The molecule has 0 saturated heterocycles. The van der Waals surface area contributed by atoms with E-state index in [0.29, 0.717) is 5.56 Å². The van der Waals surface area contributed by atoms with Crippen molar-refractivity contribution in [3.8, 4) is 0 Å². The first kappa shape index (κ1) is 10.5. The standard InChI is InChI=1S/C10H8O3S/c11-9(12)6-7-14-10(13)8-4-2-1-3-5-8/h1-7H,(H,11,12)/b7-6-. The molecule has 0 radical (unpaired) electrons. The van der Waals surface area contributed by atoms with Crippen LogP contribution in [0.3, 0.4) is 0 Å². The molecule has 1 N–H and O–H groups in total. The van der Waals surface area contributed by atoms with Crippen molar-refractivity contribution in [1.29, 1.82) is 0 Å². The van der Waals surface area contributed by atoms with E-state index in [4.69, 9.17) is 5.11 Å². The van der Waals surface area contributed by atoms with Gasteiger partial charge in [0.25, 0.3) is 0 Å². The summed E-state index contributed by atoms with van der Waals surface area (Å²) in [7, 11) is 0. The summed E-state index contributed by atoms with van der Waals surface area (Å²) >= 11 is 0.858. The number of rotatable bonds is 3. The van der Waals surface area contributed by atoms with Gasteiger partial charge in [-0.2, -0.15) is 0 Å². The van der Waals surface area contributed by atoms with Gasteiger partial charge in [-0.15, -0.1) is 0 Å². The van der Waals surface area contributed by atoms with E-state index < -0.39 is 5.97 Å². The van der Waals surface area contributed by atoms with Gasteiger partial charge in [0, 0.05) is 11.6 Å². The van der Waals surface area contributed by atoms with Crippen molar-refractivity contribution in [3.63, 3.8) is 0 Å². The predicted octanol–water partition coefficient (Wildman–Crippen LogP) is 2.16. The van der Waals surface area contributed by atoms with Gasteiger partial charge < -0.3 is 5.11 Å². The number of carbonyl (C=O) groups is 2. The number of aliphatic carboxylic acids is 1. The Hall–Kier alpha value is -1.55. The van der Waals surface area contributed by atoms with Crippen LogP contribution in [-0.2, 0) is 4.79 Å². The van der Waals surface area contributed by atoms with Crippen molar-refractivity contribution in [1.82, 2.24) is 0 Å². The maximum atomic E-state index is 11.3. The van der Waals surface area contributed by atoms with E-state index in [2.05, 4.69) is 0 Å². The molecule has 72 valence electrons. The van der Waals surface area contributed by atoms with Gasteiger partial charge in [-0.05, 0) is 5.41 Å². The number of carboxylic acids is 1. The first-order valence-corrected chi connectivity index (χ1v) is 4.73. The lowest BCUT2D eigenvalue weighted by molar-refractivity contribution is -0.131. The van der Waals surface area contributed by atoms with Crippen LogP contribution in [0.2, 0.25) is 0 Å². The Bertz CT molecular complexity index is 357. The highest BCUT2D eigenvalue weighted by atomic mass is 32.2. The van der Waals surface area contributed by atoms with E-state index in [1.54, 1.807) is 24.3 Å². The molecule has 0 saturated carbocycles. The second kappa shape index (κ2) is 5.24. The largest absolute Gasteiger partial charge is 0.478 e. The predicted molar refractivity (Wildman–Crippen MR) is 55.1 cm³/mol. The Morgan fingerprint density at radius 3 is 2.43 bits per heavy atom. The minimum Gasteiger partial charge on any atom is -0.478 e. The van der Waals surface area contributed by atoms with Crippen LogP contribution >= 0.6 is 11.8 Å². The third-order valence-electron chi connectivity index (χ3n) is 1.40.